The van der Waals surface area contributed by atoms with Gasteiger partial charge < -0.3 is 0 Å². The average Bonchev–Trinajstić information content (AvgIpc) is 2.86. The standard InChI is InChI=1S/C10H14N4O2S2/c1-6-10(17-8(3)13-6)7(2)14-18(15,16)9-4-11-12-5-9/h4-5,7,14H,1-3H3,(H,11,12). The molecule has 0 bridgehead atoms. The Bertz CT molecular complexity index is 631. The Morgan fingerprint density at radius 3 is 2.67 bits per heavy atom. The molecular formula is C10H14N4O2S2. The summed E-state index contributed by atoms with van der Waals surface area (Å²) in [5.74, 6) is 0. The maximum Gasteiger partial charge on any atom is 0.244 e. The number of nitrogens with one attached hydrogen (secondary N) is 2. The predicted molar refractivity (Wildman–Crippen MR) is 68.9 cm³/mol. The number of thiazole rings is 1. The summed E-state index contributed by atoms with van der Waals surface area (Å²) in [5.41, 5.74) is 0.861. The van der Waals surface area contributed by atoms with Crippen molar-refractivity contribution in [3.8, 4) is 0 Å². The lowest BCUT2D eigenvalue weighted by Gasteiger charge is -2.12. The molecule has 0 aliphatic rings. The molecular weight excluding hydrogens is 272 g/mol. The van der Waals surface area contributed by atoms with Crippen molar-refractivity contribution in [2.75, 3.05) is 0 Å². The second-order valence-corrected chi connectivity index (χ2v) is 6.91. The van der Waals surface area contributed by atoms with Gasteiger partial charge in [-0.25, -0.2) is 18.1 Å². The van der Waals surface area contributed by atoms with E-state index in [9.17, 15) is 8.42 Å². The quantitative estimate of drug-likeness (QED) is 0.892. The van der Waals surface area contributed by atoms with E-state index in [1.165, 1.54) is 23.7 Å². The van der Waals surface area contributed by atoms with Gasteiger partial charge >= 0.3 is 0 Å². The van der Waals surface area contributed by atoms with Crippen LogP contribution in [0.3, 0.4) is 0 Å². The van der Waals surface area contributed by atoms with Crippen molar-refractivity contribution in [3.05, 3.63) is 28.0 Å². The molecule has 0 aliphatic carbocycles. The molecule has 0 aliphatic heterocycles. The van der Waals surface area contributed by atoms with Gasteiger partial charge in [-0.3, -0.25) is 5.10 Å². The van der Waals surface area contributed by atoms with Crippen molar-refractivity contribution in [2.45, 2.75) is 31.7 Å². The first-order valence-electron chi connectivity index (χ1n) is 5.35. The highest BCUT2D eigenvalue weighted by atomic mass is 32.2. The normalized spacial score (nSPS) is 13.7. The van der Waals surface area contributed by atoms with Crippen molar-refractivity contribution in [3.63, 3.8) is 0 Å². The molecule has 0 radical (unpaired) electrons. The van der Waals surface area contributed by atoms with Gasteiger partial charge in [0.25, 0.3) is 0 Å². The lowest BCUT2D eigenvalue weighted by Crippen LogP contribution is -2.26. The number of H-pyrrole nitrogens is 1. The monoisotopic (exact) mass is 286 g/mol. The van der Waals surface area contributed by atoms with E-state index >= 15 is 0 Å². The molecule has 2 aromatic rings. The van der Waals surface area contributed by atoms with Gasteiger partial charge in [0.2, 0.25) is 10.0 Å². The molecule has 6 nitrogen and oxygen atoms in total. The summed E-state index contributed by atoms with van der Waals surface area (Å²) < 4.78 is 26.6. The number of aromatic nitrogens is 3. The highest BCUT2D eigenvalue weighted by Crippen LogP contribution is 2.25. The molecule has 8 heteroatoms. The first-order chi connectivity index (χ1) is 8.40. The number of hydrogen-bond acceptors (Lipinski definition) is 5. The van der Waals surface area contributed by atoms with E-state index in [1.807, 2.05) is 13.8 Å². The van der Waals surface area contributed by atoms with Crippen LogP contribution in [-0.2, 0) is 10.0 Å². The average molecular weight is 286 g/mol. The Morgan fingerprint density at radius 2 is 2.17 bits per heavy atom. The molecule has 2 N–H and O–H groups in total. The van der Waals surface area contributed by atoms with Gasteiger partial charge in [0.1, 0.15) is 4.90 Å². The largest absolute Gasteiger partial charge is 0.284 e. The molecule has 2 aromatic heterocycles. The van der Waals surface area contributed by atoms with Crippen LogP contribution in [0, 0.1) is 13.8 Å². The van der Waals surface area contributed by atoms with Crippen molar-refractivity contribution in [1.29, 1.82) is 0 Å². The molecule has 0 saturated heterocycles. The minimum absolute atomic E-state index is 0.133. The Balaban J connectivity index is 2.22. The van der Waals surface area contributed by atoms with Gasteiger partial charge in [-0.05, 0) is 20.8 Å². The minimum atomic E-state index is -3.54. The molecule has 98 valence electrons. The molecule has 1 atom stereocenters. The molecule has 18 heavy (non-hydrogen) atoms. The van der Waals surface area contributed by atoms with Gasteiger partial charge in [0.15, 0.2) is 0 Å². The fourth-order valence-corrected chi connectivity index (χ4v) is 3.81. The second kappa shape index (κ2) is 4.79. The molecule has 0 aromatic carbocycles. The Morgan fingerprint density at radius 1 is 1.44 bits per heavy atom. The van der Waals surface area contributed by atoms with Crippen LogP contribution in [0.2, 0.25) is 0 Å². The van der Waals surface area contributed by atoms with Crippen molar-refractivity contribution < 1.29 is 8.42 Å². The number of aryl methyl sites for hydroxylation is 2. The highest BCUT2D eigenvalue weighted by Gasteiger charge is 2.21. The first kappa shape index (κ1) is 13.2. The zero-order chi connectivity index (χ0) is 13.3. The maximum absolute atomic E-state index is 12.0. The molecule has 2 heterocycles. The fourth-order valence-electron chi connectivity index (χ4n) is 1.69. The number of hydrogen-bond donors (Lipinski definition) is 2. The van der Waals surface area contributed by atoms with Gasteiger partial charge in [0.05, 0.1) is 22.9 Å². The zero-order valence-electron chi connectivity index (χ0n) is 10.3. The van der Waals surface area contributed by atoms with Crippen LogP contribution in [0.15, 0.2) is 17.3 Å². The zero-order valence-corrected chi connectivity index (χ0v) is 11.9. The predicted octanol–water partition coefficient (Wildman–Crippen LogP) is 1.52. The Hall–Kier alpha value is -1.25. The van der Waals surface area contributed by atoms with E-state index in [-0.39, 0.29) is 10.9 Å². The van der Waals surface area contributed by atoms with Crippen LogP contribution in [0.25, 0.3) is 0 Å². The molecule has 0 amide bonds. The van der Waals surface area contributed by atoms with Crippen molar-refractivity contribution >= 4 is 21.4 Å². The van der Waals surface area contributed by atoms with Crippen LogP contribution in [0.4, 0.5) is 0 Å². The summed E-state index contributed by atoms with van der Waals surface area (Å²) >= 11 is 1.50. The fraction of sp³-hybridized carbons (Fsp3) is 0.400. The van der Waals surface area contributed by atoms with Crippen LogP contribution in [-0.4, -0.2) is 23.6 Å². The molecule has 0 spiro atoms. The van der Waals surface area contributed by atoms with Gasteiger partial charge in [-0.1, -0.05) is 0 Å². The van der Waals surface area contributed by atoms with Crippen LogP contribution >= 0.6 is 11.3 Å². The summed E-state index contributed by atoms with van der Waals surface area (Å²) in [4.78, 5) is 5.35. The van der Waals surface area contributed by atoms with E-state index in [2.05, 4.69) is 19.9 Å². The van der Waals surface area contributed by atoms with Crippen molar-refractivity contribution in [2.24, 2.45) is 0 Å². The van der Waals surface area contributed by atoms with E-state index in [0.29, 0.717) is 0 Å². The van der Waals surface area contributed by atoms with Crippen molar-refractivity contribution in [1.82, 2.24) is 19.9 Å². The minimum Gasteiger partial charge on any atom is -0.284 e. The van der Waals surface area contributed by atoms with E-state index in [0.717, 1.165) is 15.6 Å². The SMILES string of the molecule is Cc1nc(C)c(C(C)NS(=O)(=O)c2cn[nH]c2)s1. The molecule has 1 unspecified atom stereocenters. The van der Waals surface area contributed by atoms with Crippen LogP contribution in [0.1, 0.15) is 28.5 Å². The Kier molecular flexibility index (Phi) is 3.51. The summed E-state index contributed by atoms with van der Waals surface area (Å²) in [5, 5.41) is 7.05. The van der Waals surface area contributed by atoms with E-state index in [4.69, 9.17) is 0 Å². The summed E-state index contributed by atoms with van der Waals surface area (Å²) in [6, 6.07) is -0.309. The van der Waals surface area contributed by atoms with Gasteiger partial charge in [-0.15, -0.1) is 11.3 Å². The number of sulfonamides is 1. The van der Waals surface area contributed by atoms with Crippen LogP contribution < -0.4 is 4.72 Å². The third kappa shape index (κ3) is 2.60. The van der Waals surface area contributed by atoms with Crippen LogP contribution in [0.5, 0.6) is 0 Å². The summed E-state index contributed by atoms with van der Waals surface area (Å²) in [6.07, 6.45) is 2.62. The highest BCUT2D eigenvalue weighted by molar-refractivity contribution is 7.89. The topological polar surface area (TPSA) is 87.7 Å². The number of aromatic amines is 1. The first-order valence-corrected chi connectivity index (χ1v) is 7.65. The molecule has 0 saturated carbocycles. The summed E-state index contributed by atoms with van der Waals surface area (Å²) in [6.45, 7) is 5.58. The summed E-state index contributed by atoms with van der Waals surface area (Å²) in [7, 11) is -3.54. The molecule has 0 fully saturated rings. The van der Waals surface area contributed by atoms with Gasteiger partial charge in [-0.2, -0.15) is 5.10 Å². The number of rotatable bonds is 4. The number of nitrogens with zero attached hydrogens (tertiary/aromatic N) is 2. The Labute approximate surface area is 110 Å². The second-order valence-electron chi connectivity index (χ2n) is 3.96. The van der Waals surface area contributed by atoms with E-state index in [1.54, 1.807) is 6.92 Å². The molecule has 2 rings (SSSR count). The smallest absolute Gasteiger partial charge is 0.244 e. The lowest BCUT2D eigenvalue weighted by atomic mass is 10.2. The van der Waals surface area contributed by atoms with Gasteiger partial charge in [0, 0.05) is 11.1 Å². The lowest BCUT2D eigenvalue weighted by molar-refractivity contribution is 0.568. The van der Waals surface area contributed by atoms with E-state index < -0.39 is 10.0 Å². The third-order valence-electron chi connectivity index (χ3n) is 2.45. The maximum atomic E-state index is 12.0. The third-order valence-corrected chi connectivity index (χ3v) is 5.21.